The van der Waals surface area contributed by atoms with Gasteiger partial charge in [0, 0.05) is 27.2 Å². The van der Waals surface area contributed by atoms with E-state index in [2.05, 4.69) is 36.5 Å². The van der Waals surface area contributed by atoms with E-state index < -0.39 is 0 Å². The fourth-order valence-electron chi connectivity index (χ4n) is 2.00. The van der Waals surface area contributed by atoms with Crippen molar-refractivity contribution >= 4 is 22.9 Å². The topological polar surface area (TPSA) is 12.0 Å². The molecule has 0 saturated heterocycles. The normalized spacial score (nSPS) is 12.6. The van der Waals surface area contributed by atoms with Gasteiger partial charge in [0.25, 0.3) is 0 Å². The molecule has 18 heavy (non-hydrogen) atoms. The molecule has 0 saturated carbocycles. The Kier molecular flexibility index (Phi) is 4.81. The molecule has 0 radical (unpaired) electrons. The minimum atomic E-state index is 0.352. The molecule has 0 aliphatic heterocycles. The minimum absolute atomic E-state index is 0.352. The first kappa shape index (κ1) is 13.6. The zero-order chi connectivity index (χ0) is 13.0. The fourth-order valence-corrected chi connectivity index (χ4v) is 3.13. The summed E-state index contributed by atoms with van der Waals surface area (Å²) in [6.45, 7) is 2.20. The van der Waals surface area contributed by atoms with E-state index >= 15 is 0 Å². The molecule has 0 fully saturated rings. The van der Waals surface area contributed by atoms with E-state index in [0.717, 1.165) is 17.9 Å². The largest absolute Gasteiger partial charge is 0.313 e. The van der Waals surface area contributed by atoms with Crippen molar-refractivity contribution in [2.75, 3.05) is 7.05 Å². The molecule has 0 spiro atoms. The number of benzene rings is 1. The average molecular weight is 280 g/mol. The standard InChI is InChI=1S/C15H18ClNS/c1-3-13-8-9-14(18-13)10-15(17-2)11-4-6-12(16)7-5-11/h4-9,15,17H,3,10H2,1-2H3. The van der Waals surface area contributed by atoms with Gasteiger partial charge in [-0.2, -0.15) is 0 Å². The van der Waals surface area contributed by atoms with Crippen molar-refractivity contribution in [1.82, 2.24) is 5.32 Å². The van der Waals surface area contributed by atoms with E-state index in [-0.39, 0.29) is 0 Å². The Bertz CT molecular complexity index is 489. The number of rotatable bonds is 5. The van der Waals surface area contributed by atoms with Gasteiger partial charge in [-0.25, -0.2) is 0 Å². The Hall–Kier alpha value is -0.830. The Morgan fingerprint density at radius 3 is 2.33 bits per heavy atom. The van der Waals surface area contributed by atoms with Crippen LogP contribution in [-0.4, -0.2) is 7.05 Å². The van der Waals surface area contributed by atoms with Crippen LogP contribution in [0.3, 0.4) is 0 Å². The van der Waals surface area contributed by atoms with Crippen LogP contribution in [0.1, 0.15) is 28.3 Å². The highest BCUT2D eigenvalue weighted by atomic mass is 35.5. The molecular weight excluding hydrogens is 262 g/mol. The number of likely N-dealkylation sites (N-methyl/N-ethyl adjacent to an activating group) is 1. The molecule has 96 valence electrons. The maximum atomic E-state index is 5.92. The molecule has 1 nitrogen and oxygen atoms in total. The minimum Gasteiger partial charge on any atom is -0.313 e. The van der Waals surface area contributed by atoms with Crippen LogP contribution in [0.15, 0.2) is 36.4 Å². The Balaban J connectivity index is 2.11. The van der Waals surface area contributed by atoms with Gasteiger partial charge in [-0.3, -0.25) is 0 Å². The Morgan fingerprint density at radius 2 is 1.78 bits per heavy atom. The summed E-state index contributed by atoms with van der Waals surface area (Å²) in [4.78, 5) is 2.89. The predicted molar refractivity (Wildman–Crippen MR) is 80.7 cm³/mol. The SMILES string of the molecule is CCc1ccc(CC(NC)c2ccc(Cl)cc2)s1. The van der Waals surface area contributed by atoms with Gasteiger partial charge in [0.15, 0.2) is 0 Å². The first-order valence-electron chi connectivity index (χ1n) is 6.23. The third-order valence-corrected chi connectivity index (χ3v) is 4.60. The van der Waals surface area contributed by atoms with Crippen molar-refractivity contribution < 1.29 is 0 Å². The van der Waals surface area contributed by atoms with Crippen LogP contribution in [0.5, 0.6) is 0 Å². The van der Waals surface area contributed by atoms with Crippen LogP contribution >= 0.6 is 22.9 Å². The van der Waals surface area contributed by atoms with Gasteiger partial charge in [0.05, 0.1) is 0 Å². The molecular formula is C15H18ClNS. The number of hydrogen-bond acceptors (Lipinski definition) is 2. The lowest BCUT2D eigenvalue weighted by atomic mass is 10.0. The smallest absolute Gasteiger partial charge is 0.0406 e. The van der Waals surface area contributed by atoms with Gasteiger partial charge in [0.2, 0.25) is 0 Å². The van der Waals surface area contributed by atoms with Crippen LogP contribution < -0.4 is 5.32 Å². The second-order valence-electron chi connectivity index (χ2n) is 4.32. The molecule has 0 aliphatic carbocycles. The summed E-state index contributed by atoms with van der Waals surface area (Å²) in [5, 5.41) is 4.17. The molecule has 1 atom stereocenters. The zero-order valence-corrected chi connectivity index (χ0v) is 12.3. The lowest BCUT2D eigenvalue weighted by Crippen LogP contribution is -2.18. The van der Waals surface area contributed by atoms with Crippen LogP contribution in [0.2, 0.25) is 5.02 Å². The molecule has 1 aromatic carbocycles. The van der Waals surface area contributed by atoms with Gasteiger partial charge in [0.1, 0.15) is 0 Å². The lowest BCUT2D eigenvalue weighted by molar-refractivity contribution is 0.596. The van der Waals surface area contributed by atoms with Gasteiger partial charge >= 0.3 is 0 Å². The summed E-state index contributed by atoms with van der Waals surface area (Å²) >= 11 is 7.83. The van der Waals surface area contributed by atoms with Crippen LogP contribution in [0, 0.1) is 0 Å². The predicted octanol–water partition coefficient (Wildman–Crippen LogP) is 4.47. The molecule has 1 aromatic heterocycles. The molecule has 0 amide bonds. The summed E-state index contributed by atoms with van der Waals surface area (Å²) in [6, 6.07) is 12.9. The molecule has 2 rings (SSSR count). The maximum Gasteiger partial charge on any atom is 0.0406 e. The second kappa shape index (κ2) is 6.37. The highest BCUT2D eigenvalue weighted by molar-refractivity contribution is 7.11. The van der Waals surface area contributed by atoms with Crippen molar-refractivity contribution in [3.63, 3.8) is 0 Å². The van der Waals surface area contributed by atoms with Gasteiger partial charge in [-0.15, -0.1) is 11.3 Å². The summed E-state index contributed by atoms with van der Waals surface area (Å²) in [6.07, 6.45) is 2.15. The van der Waals surface area contributed by atoms with E-state index in [1.165, 1.54) is 15.3 Å². The molecule has 1 heterocycles. The van der Waals surface area contributed by atoms with Gasteiger partial charge in [-0.05, 0) is 43.3 Å². The van der Waals surface area contributed by atoms with Crippen molar-refractivity contribution in [1.29, 1.82) is 0 Å². The highest BCUT2D eigenvalue weighted by Crippen LogP contribution is 2.24. The number of hydrogen-bond donors (Lipinski definition) is 1. The molecule has 2 aromatic rings. The molecule has 1 unspecified atom stereocenters. The fraction of sp³-hybridized carbons (Fsp3) is 0.333. The van der Waals surface area contributed by atoms with E-state index in [1.54, 1.807) is 0 Å². The number of nitrogens with one attached hydrogen (secondary N) is 1. The monoisotopic (exact) mass is 279 g/mol. The Morgan fingerprint density at radius 1 is 1.11 bits per heavy atom. The summed E-state index contributed by atoms with van der Waals surface area (Å²) in [5.41, 5.74) is 1.29. The van der Waals surface area contributed by atoms with Gasteiger partial charge < -0.3 is 5.32 Å². The lowest BCUT2D eigenvalue weighted by Gasteiger charge is -2.15. The molecule has 0 aliphatic rings. The number of aryl methyl sites for hydroxylation is 1. The van der Waals surface area contributed by atoms with E-state index in [1.807, 2.05) is 30.5 Å². The highest BCUT2D eigenvalue weighted by Gasteiger charge is 2.11. The summed E-state index contributed by atoms with van der Waals surface area (Å²) in [7, 11) is 2.01. The van der Waals surface area contributed by atoms with Crippen molar-refractivity contribution in [2.45, 2.75) is 25.8 Å². The third kappa shape index (κ3) is 3.35. The van der Waals surface area contributed by atoms with E-state index in [9.17, 15) is 0 Å². The average Bonchev–Trinajstić information content (AvgIpc) is 2.85. The summed E-state index contributed by atoms with van der Waals surface area (Å²) in [5.74, 6) is 0. The Labute approximate surface area is 118 Å². The summed E-state index contributed by atoms with van der Waals surface area (Å²) < 4.78 is 0. The maximum absolute atomic E-state index is 5.92. The molecule has 1 N–H and O–H groups in total. The molecule has 0 bridgehead atoms. The zero-order valence-electron chi connectivity index (χ0n) is 10.7. The van der Waals surface area contributed by atoms with Crippen molar-refractivity contribution in [2.24, 2.45) is 0 Å². The number of thiophene rings is 1. The molecule has 3 heteroatoms. The first-order chi connectivity index (χ1) is 8.72. The second-order valence-corrected chi connectivity index (χ2v) is 6.01. The van der Waals surface area contributed by atoms with Crippen molar-refractivity contribution in [3.05, 3.63) is 56.7 Å². The van der Waals surface area contributed by atoms with E-state index in [0.29, 0.717) is 6.04 Å². The van der Waals surface area contributed by atoms with Crippen LogP contribution in [0.4, 0.5) is 0 Å². The van der Waals surface area contributed by atoms with Gasteiger partial charge in [-0.1, -0.05) is 30.7 Å². The van der Waals surface area contributed by atoms with Crippen molar-refractivity contribution in [3.8, 4) is 0 Å². The quantitative estimate of drug-likeness (QED) is 0.852. The number of halogens is 1. The van der Waals surface area contributed by atoms with E-state index in [4.69, 9.17) is 11.6 Å². The van der Waals surface area contributed by atoms with Crippen LogP contribution in [-0.2, 0) is 12.8 Å². The third-order valence-electron chi connectivity index (χ3n) is 3.09. The first-order valence-corrected chi connectivity index (χ1v) is 7.42. The van der Waals surface area contributed by atoms with Crippen LogP contribution in [0.25, 0.3) is 0 Å².